The third-order valence-corrected chi connectivity index (χ3v) is 5.05. The molecule has 8 heteroatoms. The molecule has 152 valence electrons. The molecule has 0 aliphatic carbocycles. The molecule has 27 heavy (non-hydrogen) atoms. The Morgan fingerprint density at radius 1 is 1.22 bits per heavy atom. The predicted octanol–water partition coefficient (Wildman–Crippen LogP) is 3.63. The zero-order chi connectivity index (χ0) is 19.9. The van der Waals surface area contributed by atoms with Gasteiger partial charge in [0.15, 0.2) is 5.96 Å². The second kappa shape index (κ2) is 9.92. The number of guanidine groups is 1. The second-order valence-corrected chi connectivity index (χ2v) is 6.82. The summed E-state index contributed by atoms with van der Waals surface area (Å²) in [5, 5.41) is 6.03. The van der Waals surface area contributed by atoms with Crippen LogP contribution in [0.5, 0.6) is 0 Å². The van der Waals surface area contributed by atoms with E-state index in [1.807, 2.05) is 0 Å². The van der Waals surface area contributed by atoms with Gasteiger partial charge in [-0.15, -0.1) is 0 Å². The van der Waals surface area contributed by atoms with Crippen molar-refractivity contribution in [2.75, 3.05) is 33.2 Å². The summed E-state index contributed by atoms with van der Waals surface area (Å²) in [5.41, 5.74) is -0.980. The number of halogens is 4. The van der Waals surface area contributed by atoms with E-state index < -0.39 is 17.6 Å². The van der Waals surface area contributed by atoms with Crippen LogP contribution >= 0.6 is 0 Å². The molecule has 0 bridgehead atoms. The molecular weight excluding hydrogens is 360 g/mol. The van der Waals surface area contributed by atoms with Crippen LogP contribution in [0.15, 0.2) is 23.2 Å². The lowest BCUT2D eigenvalue weighted by Crippen LogP contribution is -2.39. The van der Waals surface area contributed by atoms with Crippen LogP contribution in [0.1, 0.15) is 37.3 Å². The minimum Gasteiger partial charge on any atom is -0.356 e. The van der Waals surface area contributed by atoms with E-state index in [0.29, 0.717) is 24.5 Å². The number of piperidine rings is 1. The van der Waals surface area contributed by atoms with Crippen molar-refractivity contribution in [3.63, 3.8) is 0 Å². The van der Waals surface area contributed by atoms with Gasteiger partial charge < -0.3 is 15.5 Å². The van der Waals surface area contributed by atoms with Gasteiger partial charge in [-0.3, -0.25) is 4.99 Å². The maximum Gasteiger partial charge on any atom is 0.416 e. The molecule has 1 aliphatic rings. The Bertz CT molecular complexity index is 623. The Balaban J connectivity index is 1.81. The average molecular weight is 388 g/mol. The van der Waals surface area contributed by atoms with E-state index in [1.54, 1.807) is 7.05 Å². The van der Waals surface area contributed by atoms with Gasteiger partial charge >= 0.3 is 6.18 Å². The van der Waals surface area contributed by atoms with Crippen LogP contribution in [-0.2, 0) is 12.7 Å². The van der Waals surface area contributed by atoms with Crippen LogP contribution in [0.4, 0.5) is 17.6 Å². The van der Waals surface area contributed by atoms with Crippen LogP contribution in [0.3, 0.4) is 0 Å². The Morgan fingerprint density at radius 2 is 1.93 bits per heavy atom. The first-order valence-electron chi connectivity index (χ1n) is 9.36. The number of rotatable bonds is 6. The van der Waals surface area contributed by atoms with Gasteiger partial charge in [-0.25, -0.2) is 4.39 Å². The van der Waals surface area contributed by atoms with Crippen LogP contribution < -0.4 is 10.6 Å². The van der Waals surface area contributed by atoms with Gasteiger partial charge in [0.1, 0.15) is 5.82 Å². The molecule has 0 aromatic heterocycles. The molecule has 1 saturated heterocycles. The van der Waals surface area contributed by atoms with E-state index >= 15 is 0 Å². The van der Waals surface area contributed by atoms with Gasteiger partial charge in [0.25, 0.3) is 0 Å². The SMILES string of the molecule is CCN1CCC(CCNC(=NC)NCc2ccc(F)cc2C(F)(F)F)CC1. The Morgan fingerprint density at radius 3 is 2.52 bits per heavy atom. The normalized spacial score (nSPS) is 17.2. The van der Waals surface area contributed by atoms with Gasteiger partial charge in [-0.05, 0) is 62.5 Å². The fourth-order valence-electron chi connectivity index (χ4n) is 3.35. The van der Waals surface area contributed by atoms with Crippen molar-refractivity contribution in [2.45, 2.75) is 38.9 Å². The van der Waals surface area contributed by atoms with Crippen molar-refractivity contribution in [2.24, 2.45) is 10.9 Å². The molecule has 0 atom stereocenters. The summed E-state index contributed by atoms with van der Waals surface area (Å²) in [7, 11) is 1.57. The first kappa shape index (κ1) is 21.5. The highest BCUT2D eigenvalue weighted by molar-refractivity contribution is 5.79. The quantitative estimate of drug-likeness (QED) is 0.444. The Labute approximate surface area is 158 Å². The number of benzene rings is 1. The lowest BCUT2D eigenvalue weighted by Gasteiger charge is -2.31. The fourth-order valence-corrected chi connectivity index (χ4v) is 3.35. The average Bonchev–Trinajstić information content (AvgIpc) is 2.65. The monoisotopic (exact) mass is 388 g/mol. The van der Waals surface area contributed by atoms with Crippen LogP contribution in [0.25, 0.3) is 0 Å². The molecule has 0 unspecified atom stereocenters. The lowest BCUT2D eigenvalue weighted by molar-refractivity contribution is -0.138. The minimum absolute atomic E-state index is 0.0150. The van der Waals surface area contributed by atoms with Crippen molar-refractivity contribution in [1.29, 1.82) is 0 Å². The molecule has 0 saturated carbocycles. The highest BCUT2D eigenvalue weighted by atomic mass is 19.4. The van der Waals surface area contributed by atoms with E-state index in [2.05, 4.69) is 27.4 Å². The summed E-state index contributed by atoms with van der Waals surface area (Å²) in [6.07, 6.45) is -1.25. The summed E-state index contributed by atoms with van der Waals surface area (Å²) < 4.78 is 52.3. The van der Waals surface area contributed by atoms with Gasteiger partial charge in [0, 0.05) is 20.1 Å². The lowest BCUT2D eigenvalue weighted by atomic mass is 9.93. The first-order valence-corrected chi connectivity index (χ1v) is 9.36. The molecule has 1 aromatic carbocycles. The molecule has 1 aliphatic heterocycles. The number of aliphatic imine (C=N–C) groups is 1. The molecule has 1 fully saturated rings. The molecule has 0 amide bonds. The van der Waals surface area contributed by atoms with Gasteiger partial charge in [0.05, 0.1) is 5.56 Å². The second-order valence-electron chi connectivity index (χ2n) is 6.82. The van der Waals surface area contributed by atoms with Gasteiger partial charge in [-0.2, -0.15) is 13.2 Å². The van der Waals surface area contributed by atoms with Crippen molar-refractivity contribution in [3.8, 4) is 0 Å². The number of hydrogen-bond donors (Lipinski definition) is 2. The highest BCUT2D eigenvalue weighted by Crippen LogP contribution is 2.32. The maximum atomic E-state index is 13.2. The predicted molar refractivity (Wildman–Crippen MR) is 99.1 cm³/mol. The van der Waals surface area contributed by atoms with Crippen molar-refractivity contribution in [3.05, 3.63) is 35.1 Å². The molecule has 2 rings (SSSR count). The van der Waals surface area contributed by atoms with E-state index in [9.17, 15) is 17.6 Å². The van der Waals surface area contributed by atoms with Gasteiger partial charge in [-0.1, -0.05) is 13.0 Å². The molecule has 0 spiro atoms. The fraction of sp³-hybridized carbons (Fsp3) is 0.632. The standard InChI is InChI=1S/C19H28F4N4/c1-3-27-10-7-14(8-11-27)6-9-25-18(24-2)26-13-15-4-5-16(20)12-17(15)19(21,22)23/h4-5,12,14H,3,6-11,13H2,1-2H3,(H2,24,25,26). The van der Waals surface area contributed by atoms with E-state index in [-0.39, 0.29) is 12.1 Å². The van der Waals surface area contributed by atoms with E-state index in [0.717, 1.165) is 38.2 Å². The number of hydrogen-bond acceptors (Lipinski definition) is 2. The summed E-state index contributed by atoms with van der Waals surface area (Å²) >= 11 is 0. The molecule has 2 N–H and O–H groups in total. The summed E-state index contributed by atoms with van der Waals surface area (Å²) in [6.45, 7) is 6.14. The molecular formula is C19H28F4N4. The number of alkyl halides is 3. The van der Waals surface area contributed by atoms with E-state index in [1.165, 1.54) is 12.8 Å². The molecule has 0 radical (unpaired) electrons. The van der Waals surface area contributed by atoms with Gasteiger partial charge in [0.2, 0.25) is 0 Å². The third-order valence-electron chi connectivity index (χ3n) is 5.05. The van der Waals surface area contributed by atoms with E-state index in [4.69, 9.17) is 0 Å². The molecule has 1 heterocycles. The van der Waals surface area contributed by atoms with Crippen LogP contribution in [0.2, 0.25) is 0 Å². The first-order chi connectivity index (χ1) is 12.8. The zero-order valence-corrected chi connectivity index (χ0v) is 15.9. The topological polar surface area (TPSA) is 39.7 Å². The van der Waals surface area contributed by atoms with Crippen LogP contribution in [-0.4, -0.2) is 44.1 Å². The zero-order valence-electron chi connectivity index (χ0n) is 15.9. The summed E-state index contributed by atoms with van der Waals surface area (Å²) in [6, 6.07) is 2.71. The van der Waals surface area contributed by atoms with Crippen molar-refractivity contribution >= 4 is 5.96 Å². The molecule has 4 nitrogen and oxygen atoms in total. The number of nitrogens with zero attached hydrogens (tertiary/aromatic N) is 2. The number of likely N-dealkylation sites (tertiary alicyclic amines) is 1. The maximum absolute atomic E-state index is 13.2. The third kappa shape index (κ3) is 6.68. The Hall–Kier alpha value is -1.83. The smallest absolute Gasteiger partial charge is 0.356 e. The highest BCUT2D eigenvalue weighted by Gasteiger charge is 2.33. The Kier molecular flexibility index (Phi) is 7.89. The minimum atomic E-state index is -4.59. The summed E-state index contributed by atoms with van der Waals surface area (Å²) in [5.74, 6) is 0.202. The number of nitrogens with one attached hydrogen (secondary N) is 2. The van der Waals surface area contributed by atoms with Crippen LogP contribution in [0, 0.1) is 11.7 Å². The molecule has 1 aromatic rings. The van der Waals surface area contributed by atoms with Crippen molar-refractivity contribution < 1.29 is 17.6 Å². The summed E-state index contributed by atoms with van der Waals surface area (Å²) in [4.78, 5) is 6.49. The largest absolute Gasteiger partial charge is 0.416 e. The van der Waals surface area contributed by atoms with Crippen molar-refractivity contribution in [1.82, 2.24) is 15.5 Å².